The van der Waals surface area contributed by atoms with E-state index in [1.54, 1.807) is 12.3 Å². The van der Waals surface area contributed by atoms with Gasteiger partial charge in [0.2, 0.25) is 11.7 Å². The highest BCUT2D eigenvalue weighted by Crippen LogP contribution is 2.48. The molecule has 1 heterocycles. The number of fused-ring (bicyclic) bond motifs is 1. The first-order valence-electron chi connectivity index (χ1n) is 14.4. The SMILES string of the molecule is CCCCC1(CCCC)CN(c2ccc(NC(=O)C3CC3)cc2)c2cc(SC)c(OC=C(F)C(=O)O)cc2S(=O)(=O)C1. The number of carbonyl (C=O) groups is 2. The molecular formula is C31H39FN2O6S2. The molecule has 8 nitrogen and oxygen atoms in total. The molecule has 0 bridgehead atoms. The first-order valence-corrected chi connectivity index (χ1v) is 17.3. The fourth-order valence-corrected chi connectivity index (χ4v) is 8.08. The Morgan fingerprint density at radius 1 is 1.14 bits per heavy atom. The first-order chi connectivity index (χ1) is 20.0. The molecule has 1 saturated carbocycles. The van der Waals surface area contributed by atoms with Crippen LogP contribution in [0.15, 0.2) is 58.3 Å². The lowest BCUT2D eigenvalue weighted by molar-refractivity contribution is -0.134. The maximum absolute atomic E-state index is 14.1. The van der Waals surface area contributed by atoms with Crippen LogP contribution in [0, 0.1) is 11.3 Å². The molecule has 0 unspecified atom stereocenters. The number of hydrogen-bond acceptors (Lipinski definition) is 7. The van der Waals surface area contributed by atoms with Crippen LogP contribution in [-0.4, -0.2) is 44.0 Å². The molecule has 2 aromatic carbocycles. The zero-order chi connectivity index (χ0) is 30.5. The average Bonchev–Trinajstić information content (AvgIpc) is 3.82. The third kappa shape index (κ3) is 7.47. The maximum Gasteiger partial charge on any atom is 0.368 e. The van der Waals surface area contributed by atoms with Gasteiger partial charge in [-0.2, -0.15) is 4.39 Å². The minimum Gasteiger partial charge on any atom is -0.476 e. The van der Waals surface area contributed by atoms with E-state index in [2.05, 4.69) is 19.2 Å². The van der Waals surface area contributed by atoms with Gasteiger partial charge in [-0.25, -0.2) is 13.2 Å². The maximum atomic E-state index is 14.1. The van der Waals surface area contributed by atoms with E-state index in [1.165, 1.54) is 17.8 Å². The lowest BCUT2D eigenvalue weighted by Crippen LogP contribution is -2.38. The predicted octanol–water partition coefficient (Wildman–Crippen LogP) is 7.32. The number of amides is 1. The summed E-state index contributed by atoms with van der Waals surface area (Å²) in [5.74, 6) is -3.16. The van der Waals surface area contributed by atoms with Gasteiger partial charge in [0.1, 0.15) is 12.0 Å². The molecule has 0 spiro atoms. The highest BCUT2D eigenvalue weighted by atomic mass is 32.2. The van der Waals surface area contributed by atoms with Crippen LogP contribution in [0.3, 0.4) is 0 Å². The highest BCUT2D eigenvalue weighted by molar-refractivity contribution is 7.98. The fourth-order valence-electron chi connectivity index (χ4n) is 5.43. The van der Waals surface area contributed by atoms with Crippen molar-refractivity contribution in [2.45, 2.75) is 75.0 Å². The summed E-state index contributed by atoms with van der Waals surface area (Å²) in [5, 5.41) is 11.9. The van der Waals surface area contributed by atoms with Crippen molar-refractivity contribution in [1.82, 2.24) is 0 Å². The molecule has 11 heteroatoms. The van der Waals surface area contributed by atoms with Crippen molar-refractivity contribution in [3.05, 3.63) is 48.5 Å². The van der Waals surface area contributed by atoms with Crippen molar-refractivity contribution in [2.75, 3.05) is 28.8 Å². The quantitative estimate of drug-likeness (QED) is 0.136. The third-order valence-electron chi connectivity index (χ3n) is 7.87. The smallest absolute Gasteiger partial charge is 0.368 e. The minimum absolute atomic E-state index is 0.0117. The summed E-state index contributed by atoms with van der Waals surface area (Å²) in [5.41, 5.74) is 1.44. The molecule has 0 radical (unpaired) electrons. The number of carbonyl (C=O) groups excluding carboxylic acids is 1. The van der Waals surface area contributed by atoms with E-state index >= 15 is 0 Å². The van der Waals surface area contributed by atoms with Crippen LogP contribution in [0.5, 0.6) is 5.75 Å². The monoisotopic (exact) mass is 618 g/mol. The number of benzene rings is 2. The molecule has 1 aliphatic carbocycles. The normalized spacial score (nSPS) is 17.7. The summed E-state index contributed by atoms with van der Waals surface area (Å²) in [7, 11) is -3.84. The van der Waals surface area contributed by atoms with E-state index in [9.17, 15) is 22.4 Å². The molecule has 0 aromatic heterocycles. The summed E-state index contributed by atoms with van der Waals surface area (Å²) in [6.07, 6.45) is 9.21. The molecule has 1 amide bonds. The number of aliphatic carboxylic acids is 1. The number of carboxylic acids is 1. The molecule has 1 aliphatic heterocycles. The van der Waals surface area contributed by atoms with Crippen molar-refractivity contribution in [3.63, 3.8) is 0 Å². The lowest BCUT2D eigenvalue weighted by Gasteiger charge is -2.37. The van der Waals surface area contributed by atoms with Crippen LogP contribution in [0.25, 0.3) is 0 Å². The number of sulfone groups is 1. The van der Waals surface area contributed by atoms with Gasteiger partial charge in [0.25, 0.3) is 0 Å². The zero-order valence-electron chi connectivity index (χ0n) is 24.3. The number of nitrogens with zero attached hydrogens (tertiary/aromatic N) is 1. The summed E-state index contributed by atoms with van der Waals surface area (Å²) in [6, 6.07) is 10.6. The van der Waals surface area contributed by atoms with Crippen LogP contribution < -0.4 is 15.0 Å². The fraction of sp³-hybridized carbons (Fsp3) is 0.484. The van der Waals surface area contributed by atoms with Crippen LogP contribution in [-0.2, 0) is 19.4 Å². The Kier molecular flexibility index (Phi) is 10.2. The Balaban J connectivity index is 1.84. The van der Waals surface area contributed by atoms with Crippen LogP contribution in [0.4, 0.5) is 21.5 Å². The number of carboxylic acid groups (broad SMARTS) is 1. The summed E-state index contributed by atoms with van der Waals surface area (Å²) in [6.45, 7) is 4.67. The summed E-state index contributed by atoms with van der Waals surface area (Å²) >= 11 is 1.28. The molecule has 2 N–H and O–H groups in total. The van der Waals surface area contributed by atoms with Gasteiger partial charge < -0.3 is 20.1 Å². The van der Waals surface area contributed by atoms with Gasteiger partial charge in [0.15, 0.2) is 9.84 Å². The van der Waals surface area contributed by atoms with Gasteiger partial charge >= 0.3 is 5.97 Å². The number of rotatable bonds is 13. The Bertz CT molecular complexity index is 1430. The number of anilines is 3. The molecule has 228 valence electrons. The Morgan fingerprint density at radius 3 is 2.33 bits per heavy atom. The van der Waals surface area contributed by atoms with E-state index in [0.717, 1.165) is 57.1 Å². The second-order valence-corrected chi connectivity index (χ2v) is 14.0. The molecule has 4 rings (SSSR count). The van der Waals surface area contributed by atoms with E-state index < -0.39 is 27.0 Å². The topological polar surface area (TPSA) is 113 Å². The number of thioether (sulfide) groups is 1. The van der Waals surface area contributed by atoms with Gasteiger partial charge in [0, 0.05) is 35.3 Å². The molecule has 2 aromatic rings. The third-order valence-corrected chi connectivity index (χ3v) is 10.6. The molecular weight excluding hydrogens is 579 g/mol. The van der Waals surface area contributed by atoms with Crippen LogP contribution in [0.2, 0.25) is 0 Å². The van der Waals surface area contributed by atoms with Crippen molar-refractivity contribution >= 4 is 50.5 Å². The molecule has 0 atom stereocenters. The van der Waals surface area contributed by atoms with Crippen LogP contribution >= 0.6 is 11.8 Å². The van der Waals surface area contributed by atoms with Gasteiger partial charge in [-0.05, 0) is 62.3 Å². The number of hydrogen-bond donors (Lipinski definition) is 2. The molecule has 42 heavy (non-hydrogen) atoms. The second-order valence-electron chi connectivity index (χ2n) is 11.2. The van der Waals surface area contributed by atoms with Gasteiger partial charge in [-0.3, -0.25) is 4.79 Å². The largest absolute Gasteiger partial charge is 0.476 e. The van der Waals surface area contributed by atoms with Gasteiger partial charge in [-0.15, -0.1) is 11.8 Å². The van der Waals surface area contributed by atoms with E-state index in [0.29, 0.717) is 29.1 Å². The Morgan fingerprint density at radius 2 is 1.79 bits per heavy atom. The Labute approximate surface area is 251 Å². The van der Waals surface area contributed by atoms with E-state index in [1.807, 2.05) is 29.2 Å². The standard InChI is InChI=1S/C31H39FN2O6S2/c1-4-6-14-31(15-7-5-2)19-34(23-12-10-22(11-13-23)33-29(35)21-8-9-21)25-16-27(41-3)26(40-18-24(32)30(36)37)17-28(25)42(38,39)20-31/h10-13,16-18,21H,4-9,14-15,19-20H2,1-3H3,(H,33,35)(H,36,37). The van der Waals surface area contributed by atoms with E-state index in [-0.39, 0.29) is 28.2 Å². The minimum atomic E-state index is -3.84. The van der Waals surface area contributed by atoms with Gasteiger partial charge in [-0.1, -0.05) is 39.5 Å². The summed E-state index contributed by atoms with van der Waals surface area (Å²) in [4.78, 5) is 25.9. The average molecular weight is 619 g/mol. The number of unbranched alkanes of at least 4 members (excludes halogenated alkanes) is 2. The summed E-state index contributed by atoms with van der Waals surface area (Å²) < 4.78 is 47.4. The first kappa shape index (κ1) is 31.9. The lowest BCUT2D eigenvalue weighted by atomic mass is 9.79. The highest BCUT2D eigenvalue weighted by Gasteiger charge is 2.42. The second kappa shape index (κ2) is 13.5. The molecule has 1 fully saturated rings. The number of nitrogens with one attached hydrogen (secondary N) is 1. The Hall–Kier alpha value is -3.05. The number of halogens is 1. The van der Waals surface area contributed by atoms with E-state index in [4.69, 9.17) is 9.84 Å². The molecule has 2 aliphatic rings. The van der Waals surface area contributed by atoms with Crippen molar-refractivity contribution in [1.29, 1.82) is 0 Å². The predicted molar refractivity (Wildman–Crippen MR) is 164 cm³/mol. The van der Waals surface area contributed by atoms with Crippen LogP contribution in [0.1, 0.15) is 65.2 Å². The molecule has 0 saturated heterocycles. The zero-order valence-corrected chi connectivity index (χ0v) is 26.0. The van der Waals surface area contributed by atoms with Crippen molar-refractivity contribution in [2.24, 2.45) is 11.3 Å². The van der Waals surface area contributed by atoms with Gasteiger partial charge in [0.05, 0.1) is 21.2 Å². The number of ether oxygens (including phenoxy) is 1. The van der Waals surface area contributed by atoms with Crippen molar-refractivity contribution < 1.29 is 32.2 Å². The van der Waals surface area contributed by atoms with Crippen molar-refractivity contribution in [3.8, 4) is 5.75 Å².